The summed E-state index contributed by atoms with van der Waals surface area (Å²) < 4.78 is 1.14. The first-order valence-corrected chi connectivity index (χ1v) is 7.77. The summed E-state index contributed by atoms with van der Waals surface area (Å²) in [4.78, 5) is 0. The lowest BCUT2D eigenvalue weighted by Gasteiger charge is -2.22. The van der Waals surface area contributed by atoms with Crippen LogP contribution < -0.4 is 5.32 Å². The molecule has 0 radical (unpaired) electrons. The van der Waals surface area contributed by atoms with Crippen LogP contribution in [-0.4, -0.2) is 11.7 Å². The molecule has 0 bridgehead atoms. The molecule has 0 heterocycles. The van der Waals surface area contributed by atoms with Crippen molar-refractivity contribution in [3.63, 3.8) is 0 Å². The van der Waals surface area contributed by atoms with E-state index in [4.69, 9.17) is 0 Å². The number of aryl methyl sites for hydroxylation is 1. The van der Waals surface area contributed by atoms with E-state index in [1.807, 2.05) is 18.2 Å². The van der Waals surface area contributed by atoms with Gasteiger partial charge in [-0.05, 0) is 41.7 Å². The lowest BCUT2D eigenvalue weighted by molar-refractivity contribution is 0.233. The zero-order chi connectivity index (χ0) is 13.9. The molecule has 20 heavy (non-hydrogen) atoms. The quantitative estimate of drug-likeness (QED) is 0.894. The standard InChI is InChI=1S/C17H18BrNO/c18-14-7-8-15-13(10-14)6-9-16(15)19-17(11-20)12-4-2-1-3-5-12/h1-5,7-8,10,16-17,19-20H,6,9,11H2/t16?,17-/m1/s1. The summed E-state index contributed by atoms with van der Waals surface area (Å²) in [5.41, 5.74) is 3.91. The Labute approximate surface area is 128 Å². The third-order valence-corrected chi connectivity index (χ3v) is 4.46. The van der Waals surface area contributed by atoms with Crippen LogP contribution >= 0.6 is 15.9 Å². The molecule has 1 unspecified atom stereocenters. The van der Waals surface area contributed by atoms with Crippen LogP contribution in [0.5, 0.6) is 0 Å². The average molecular weight is 332 g/mol. The Hall–Kier alpha value is -1.16. The maximum absolute atomic E-state index is 9.66. The van der Waals surface area contributed by atoms with E-state index < -0.39 is 0 Å². The highest BCUT2D eigenvalue weighted by atomic mass is 79.9. The Morgan fingerprint density at radius 2 is 2.00 bits per heavy atom. The molecule has 0 aromatic heterocycles. The second kappa shape index (κ2) is 6.08. The van der Waals surface area contributed by atoms with Crippen molar-refractivity contribution < 1.29 is 5.11 Å². The van der Waals surface area contributed by atoms with Crippen LogP contribution in [0.3, 0.4) is 0 Å². The molecule has 0 amide bonds. The van der Waals surface area contributed by atoms with Gasteiger partial charge >= 0.3 is 0 Å². The molecule has 2 aromatic rings. The van der Waals surface area contributed by atoms with Crippen LogP contribution in [0.2, 0.25) is 0 Å². The van der Waals surface area contributed by atoms with E-state index in [-0.39, 0.29) is 12.6 Å². The summed E-state index contributed by atoms with van der Waals surface area (Å²) in [5.74, 6) is 0. The van der Waals surface area contributed by atoms with Gasteiger partial charge in [0.25, 0.3) is 0 Å². The maximum atomic E-state index is 9.66. The normalized spacial score (nSPS) is 18.8. The summed E-state index contributed by atoms with van der Waals surface area (Å²) >= 11 is 3.53. The number of rotatable bonds is 4. The van der Waals surface area contributed by atoms with Crippen LogP contribution in [0.4, 0.5) is 0 Å². The highest BCUT2D eigenvalue weighted by Gasteiger charge is 2.25. The molecule has 2 atom stereocenters. The van der Waals surface area contributed by atoms with Gasteiger partial charge in [0.05, 0.1) is 12.6 Å². The molecule has 0 saturated carbocycles. The molecule has 0 saturated heterocycles. The SMILES string of the molecule is OC[C@@H](NC1CCc2cc(Br)ccc21)c1ccccc1. The van der Waals surface area contributed by atoms with Gasteiger partial charge in [-0.1, -0.05) is 52.3 Å². The Morgan fingerprint density at radius 3 is 2.75 bits per heavy atom. The van der Waals surface area contributed by atoms with Crippen molar-refractivity contribution in [3.8, 4) is 0 Å². The topological polar surface area (TPSA) is 32.3 Å². The molecule has 0 aliphatic heterocycles. The van der Waals surface area contributed by atoms with Gasteiger partial charge in [0.2, 0.25) is 0 Å². The summed E-state index contributed by atoms with van der Waals surface area (Å²) in [6, 6.07) is 17.0. The lowest BCUT2D eigenvalue weighted by atomic mass is 10.0. The van der Waals surface area contributed by atoms with Gasteiger partial charge in [-0.2, -0.15) is 0 Å². The minimum absolute atomic E-state index is 0.00389. The Bertz CT molecular complexity index is 585. The Morgan fingerprint density at radius 1 is 1.20 bits per heavy atom. The highest BCUT2D eigenvalue weighted by molar-refractivity contribution is 9.10. The summed E-state index contributed by atoms with van der Waals surface area (Å²) in [6.45, 7) is 0.117. The van der Waals surface area contributed by atoms with Gasteiger partial charge in [-0.3, -0.25) is 0 Å². The molecule has 3 heteroatoms. The monoisotopic (exact) mass is 331 g/mol. The lowest BCUT2D eigenvalue weighted by Crippen LogP contribution is -2.27. The fourth-order valence-corrected chi connectivity index (χ4v) is 3.35. The van der Waals surface area contributed by atoms with Crippen molar-refractivity contribution in [1.29, 1.82) is 0 Å². The van der Waals surface area contributed by atoms with E-state index >= 15 is 0 Å². The van der Waals surface area contributed by atoms with E-state index in [0.29, 0.717) is 6.04 Å². The van der Waals surface area contributed by atoms with E-state index in [0.717, 1.165) is 22.9 Å². The molecule has 3 rings (SSSR count). The molecule has 0 spiro atoms. The van der Waals surface area contributed by atoms with Gasteiger partial charge in [0, 0.05) is 10.5 Å². The van der Waals surface area contributed by atoms with Crippen LogP contribution in [0.25, 0.3) is 0 Å². The first kappa shape index (κ1) is 13.8. The number of benzene rings is 2. The zero-order valence-corrected chi connectivity index (χ0v) is 12.8. The smallest absolute Gasteiger partial charge is 0.0626 e. The van der Waals surface area contributed by atoms with Crippen LogP contribution in [0.15, 0.2) is 53.0 Å². The Balaban J connectivity index is 1.79. The van der Waals surface area contributed by atoms with Gasteiger partial charge in [0.1, 0.15) is 0 Å². The first-order valence-electron chi connectivity index (χ1n) is 6.98. The van der Waals surface area contributed by atoms with Crippen molar-refractivity contribution in [2.75, 3.05) is 6.61 Å². The largest absolute Gasteiger partial charge is 0.394 e. The number of hydrogen-bond donors (Lipinski definition) is 2. The second-order valence-electron chi connectivity index (χ2n) is 5.25. The molecule has 0 fully saturated rings. The summed E-state index contributed by atoms with van der Waals surface area (Å²) in [5, 5.41) is 13.3. The minimum Gasteiger partial charge on any atom is -0.394 e. The average Bonchev–Trinajstić information content (AvgIpc) is 2.87. The van der Waals surface area contributed by atoms with Crippen molar-refractivity contribution in [1.82, 2.24) is 5.32 Å². The molecule has 2 aromatic carbocycles. The first-order chi connectivity index (χ1) is 9.78. The molecule has 104 valence electrons. The summed E-state index contributed by atoms with van der Waals surface area (Å²) in [7, 11) is 0. The van der Waals surface area contributed by atoms with E-state index in [1.165, 1.54) is 11.1 Å². The van der Waals surface area contributed by atoms with Crippen molar-refractivity contribution >= 4 is 15.9 Å². The predicted octanol–water partition coefficient (Wildman–Crippen LogP) is 3.76. The van der Waals surface area contributed by atoms with E-state index in [9.17, 15) is 5.11 Å². The minimum atomic E-state index is -0.00389. The van der Waals surface area contributed by atoms with Crippen molar-refractivity contribution in [2.45, 2.75) is 24.9 Å². The van der Waals surface area contributed by atoms with Crippen molar-refractivity contribution in [2.24, 2.45) is 0 Å². The van der Waals surface area contributed by atoms with Gasteiger partial charge < -0.3 is 10.4 Å². The van der Waals surface area contributed by atoms with E-state index in [1.54, 1.807) is 0 Å². The fourth-order valence-electron chi connectivity index (χ4n) is 2.94. The summed E-state index contributed by atoms with van der Waals surface area (Å²) in [6.07, 6.45) is 2.19. The highest BCUT2D eigenvalue weighted by Crippen LogP contribution is 2.34. The van der Waals surface area contributed by atoms with E-state index in [2.05, 4.69) is 51.6 Å². The number of nitrogens with one attached hydrogen (secondary N) is 1. The molecule has 2 N–H and O–H groups in total. The fraction of sp³-hybridized carbons (Fsp3) is 0.294. The molecule has 1 aliphatic carbocycles. The number of halogens is 1. The maximum Gasteiger partial charge on any atom is 0.0626 e. The predicted molar refractivity (Wildman–Crippen MR) is 84.6 cm³/mol. The second-order valence-corrected chi connectivity index (χ2v) is 6.16. The van der Waals surface area contributed by atoms with Gasteiger partial charge in [-0.15, -0.1) is 0 Å². The Kier molecular flexibility index (Phi) is 4.20. The third kappa shape index (κ3) is 2.80. The molecule has 1 aliphatic rings. The number of hydrogen-bond acceptors (Lipinski definition) is 2. The zero-order valence-electron chi connectivity index (χ0n) is 11.2. The van der Waals surface area contributed by atoms with Crippen LogP contribution in [-0.2, 0) is 6.42 Å². The third-order valence-electron chi connectivity index (χ3n) is 3.97. The number of aliphatic hydroxyl groups excluding tert-OH is 1. The molecule has 2 nitrogen and oxygen atoms in total. The van der Waals surface area contributed by atoms with Crippen molar-refractivity contribution in [3.05, 3.63) is 69.7 Å². The molecular formula is C17H18BrNO. The van der Waals surface area contributed by atoms with Crippen LogP contribution in [0.1, 0.15) is 35.2 Å². The number of aliphatic hydroxyl groups is 1. The van der Waals surface area contributed by atoms with Gasteiger partial charge in [-0.25, -0.2) is 0 Å². The number of fused-ring (bicyclic) bond motifs is 1. The van der Waals surface area contributed by atoms with Gasteiger partial charge in [0.15, 0.2) is 0 Å². The molecular weight excluding hydrogens is 314 g/mol. The van der Waals surface area contributed by atoms with Crippen LogP contribution in [0, 0.1) is 0 Å².